The Labute approximate surface area is 136 Å². The van der Waals surface area contributed by atoms with E-state index < -0.39 is 0 Å². The standard InChI is InChI=1S/C21H43/c1-3-5-7-9-11-13-15-17-19-21-20-18-16-14-12-10-8-6-4-2/h3H,4-21H2,1-2H3. The van der Waals surface area contributed by atoms with Crippen LogP contribution in [0, 0.1) is 6.42 Å². The first-order valence-corrected chi connectivity index (χ1v) is 10.2. The zero-order valence-corrected chi connectivity index (χ0v) is 15.3. The molecule has 0 spiro atoms. The van der Waals surface area contributed by atoms with Gasteiger partial charge in [-0.2, -0.15) is 0 Å². The van der Waals surface area contributed by atoms with Gasteiger partial charge in [-0.3, -0.25) is 0 Å². The average Bonchev–Trinajstić information content (AvgIpc) is 2.50. The number of unbranched alkanes of at least 4 members (excludes halogenated alkanes) is 18. The second kappa shape index (κ2) is 20.0. The predicted octanol–water partition coefficient (Wildman–Crippen LogP) is 8.25. The van der Waals surface area contributed by atoms with Crippen LogP contribution in [0.1, 0.15) is 129 Å². The third-order valence-electron chi connectivity index (χ3n) is 4.60. The van der Waals surface area contributed by atoms with Gasteiger partial charge in [0.05, 0.1) is 0 Å². The Bertz CT molecular complexity index is 143. The fourth-order valence-corrected chi connectivity index (χ4v) is 3.07. The molecule has 0 fully saturated rings. The molecule has 0 unspecified atom stereocenters. The van der Waals surface area contributed by atoms with Crippen molar-refractivity contribution in [2.45, 2.75) is 129 Å². The van der Waals surface area contributed by atoms with Gasteiger partial charge in [0.15, 0.2) is 0 Å². The van der Waals surface area contributed by atoms with Crippen LogP contribution in [0.2, 0.25) is 0 Å². The number of rotatable bonds is 18. The van der Waals surface area contributed by atoms with Gasteiger partial charge in [0.1, 0.15) is 0 Å². The Morgan fingerprint density at radius 2 is 0.714 bits per heavy atom. The van der Waals surface area contributed by atoms with Crippen LogP contribution in [0.3, 0.4) is 0 Å². The van der Waals surface area contributed by atoms with Crippen molar-refractivity contribution in [1.29, 1.82) is 0 Å². The molecule has 0 heteroatoms. The smallest absolute Gasteiger partial charge is 0.0417 e. The summed E-state index contributed by atoms with van der Waals surface area (Å²) in [5.74, 6) is 0. The molecule has 1 radical (unpaired) electrons. The molecule has 0 aliphatic carbocycles. The van der Waals surface area contributed by atoms with Crippen molar-refractivity contribution in [2.24, 2.45) is 0 Å². The highest BCUT2D eigenvalue weighted by molar-refractivity contribution is 4.55. The molecule has 127 valence electrons. The Morgan fingerprint density at radius 3 is 1.00 bits per heavy atom. The molecule has 0 nitrogen and oxygen atoms in total. The van der Waals surface area contributed by atoms with Gasteiger partial charge < -0.3 is 0 Å². The van der Waals surface area contributed by atoms with E-state index in [1.165, 1.54) is 116 Å². The highest BCUT2D eigenvalue weighted by atomic mass is 14.0. The minimum Gasteiger partial charge on any atom is -0.0654 e. The van der Waals surface area contributed by atoms with E-state index >= 15 is 0 Å². The van der Waals surface area contributed by atoms with E-state index in [0.717, 1.165) is 0 Å². The van der Waals surface area contributed by atoms with Crippen molar-refractivity contribution in [3.8, 4) is 0 Å². The average molecular weight is 296 g/mol. The van der Waals surface area contributed by atoms with Gasteiger partial charge in [-0.25, -0.2) is 0 Å². The Kier molecular flexibility index (Phi) is 20.0. The van der Waals surface area contributed by atoms with Gasteiger partial charge in [-0.1, -0.05) is 129 Å². The molecule has 0 N–H and O–H groups in total. The highest BCUT2D eigenvalue weighted by Crippen LogP contribution is 2.14. The van der Waals surface area contributed by atoms with E-state index in [1.807, 2.05) is 0 Å². The second-order valence-electron chi connectivity index (χ2n) is 6.85. The van der Waals surface area contributed by atoms with E-state index in [4.69, 9.17) is 0 Å². The van der Waals surface area contributed by atoms with Crippen LogP contribution in [0.15, 0.2) is 0 Å². The Hall–Kier alpha value is 0. The van der Waals surface area contributed by atoms with Gasteiger partial charge in [-0.05, 0) is 6.42 Å². The summed E-state index contributed by atoms with van der Waals surface area (Å²) >= 11 is 0. The van der Waals surface area contributed by atoms with Crippen LogP contribution >= 0.6 is 0 Å². The predicted molar refractivity (Wildman–Crippen MR) is 98.8 cm³/mol. The van der Waals surface area contributed by atoms with Gasteiger partial charge in [0.2, 0.25) is 0 Å². The van der Waals surface area contributed by atoms with Crippen LogP contribution in [0.4, 0.5) is 0 Å². The van der Waals surface area contributed by atoms with E-state index in [-0.39, 0.29) is 0 Å². The van der Waals surface area contributed by atoms with Gasteiger partial charge >= 0.3 is 0 Å². The molecule has 0 atom stereocenters. The number of hydrogen-bond donors (Lipinski definition) is 0. The topological polar surface area (TPSA) is 0 Å². The van der Waals surface area contributed by atoms with Crippen molar-refractivity contribution in [2.75, 3.05) is 0 Å². The maximum atomic E-state index is 2.30. The zero-order valence-electron chi connectivity index (χ0n) is 15.3. The first kappa shape index (κ1) is 21.0. The molecule has 0 saturated heterocycles. The summed E-state index contributed by atoms with van der Waals surface area (Å²) in [5.41, 5.74) is 0. The van der Waals surface area contributed by atoms with E-state index in [0.29, 0.717) is 0 Å². The molecular formula is C21H43. The van der Waals surface area contributed by atoms with Crippen LogP contribution in [-0.4, -0.2) is 0 Å². The molecular weight excluding hydrogens is 252 g/mol. The van der Waals surface area contributed by atoms with Crippen LogP contribution < -0.4 is 0 Å². The summed E-state index contributed by atoms with van der Waals surface area (Å²) in [6, 6.07) is 0. The molecule has 0 heterocycles. The first-order valence-electron chi connectivity index (χ1n) is 10.2. The van der Waals surface area contributed by atoms with Crippen LogP contribution in [0.25, 0.3) is 0 Å². The third kappa shape index (κ3) is 20.0. The summed E-state index contributed by atoms with van der Waals surface area (Å²) in [7, 11) is 0. The Morgan fingerprint density at radius 1 is 0.429 bits per heavy atom. The van der Waals surface area contributed by atoms with E-state index in [2.05, 4.69) is 20.3 Å². The molecule has 0 aliphatic rings. The van der Waals surface area contributed by atoms with Crippen LogP contribution in [0.5, 0.6) is 0 Å². The minimum absolute atomic E-state index is 1.32. The highest BCUT2D eigenvalue weighted by Gasteiger charge is 1.94. The second-order valence-corrected chi connectivity index (χ2v) is 6.85. The molecule has 0 rings (SSSR count). The molecule has 0 aromatic carbocycles. The molecule has 0 aromatic rings. The van der Waals surface area contributed by atoms with Crippen LogP contribution in [-0.2, 0) is 0 Å². The monoisotopic (exact) mass is 295 g/mol. The molecule has 0 saturated carbocycles. The summed E-state index contributed by atoms with van der Waals surface area (Å²) in [5, 5.41) is 0. The molecule has 0 aromatic heterocycles. The zero-order chi connectivity index (χ0) is 15.4. The maximum Gasteiger partial charge on any atom is -0.0417 e. The normalized spacial score (nSPS) is 11.1. The quantitative estimate of drug-likeness (QED) is 0.223. The van der Waals surface area contributed by atoms with E-state index in [9.17, 15) is 0 Å². The van der Waals surface area contributed by atoms with Gasteiger partial charge in [0, 0.05) is 0 Å². The molecule has 0 aliphatic heterocycles. The lowest BCUT2D eigenvalue weighted by Crippen LogP contribution is -1.84. The molecule has 0 amide bonds. The summed E-state index contributed by atoms with van der Waals surface area (Å²) < 4.78 is 0. The molecule has 21 heavy (non-hydrogen) atoms. The van der Waals surface area contributed by atoms with Crippen molar-refractivity contribution >= 4 is 0 Å². The van der Waals surface area contributed by atoms with Gasteiger partial charge in [-0.15, -0.1) is 0 Å². The fourth-order valence-electron chi connectivity index (χ4n) is 3.07. The molecule has 0 bridgehead atoms. The Balaban J connectivity index is 2.90. The fraction of sp³-hybridized carbons (Fsp3) is 0.952. The lowest BCUT2D eigenvalue weighted by molar-refractivity contribution is 0.527. The lowest BCUT2D eigenvalue weighted by Gasteiger charge is -2.03. The lowest BCUT2D eigenvalue weighted by atomic mass is 10.0. The van der Waals surface area contributed by atoms with Crippen molar-refractivity contribution in [1.82, 2.24) is 0 Å². The first-order chi connectivity index (χ1) is 10.4. The SMILES string of the molecule is C[CH]CCCCCCCCCCCCCCCCCCC. The third-order valence-corrected chi connectivity index (χ3v) is 4.60. The minimum atomic E-state index is 1.32. The van der Waals surface area contributed by atoms with Gasteiger partial charge in [0.25, 0.3) is 0 Å². The maximum absolute atomic E-state index is 2.30. The number of hydrogen-bond acceptors (Lipinski definition) is 0. The summed E-state index contributed by atoms with van der Waals surface area (Å²) in [6.07, 6.45) is 28.5. The summed E-state index contributed by atoms with van der Waals surface area (Å²) in [6.45, 7) is 4.47. The van der Waals surface area contributed by atoms with E-state index in [1.54, 1.807) is 0 Å². The van der Waals surface area contributed by atoms with Crippen molar-refractivity contribution in [3.63, 3.8) is 0 Å². The largest absolute Gasteiger partial charge is 0.0654 e. The van der Waals surface area contributed by atoms with Crippen molar-refractivity contribution < 1.29 is 0 Å². The van der Waals surface area contributed by atoms with Crippen molar-refractivity contribution in [3.05, 3.63) is 6.42 Å². The summed E-state index contributed by atoms with van der Waals surface area (Å²) in [4.78, 5) is 0.